The number of nitrogens with one attached hydrogen (secondary N) is 2. The Bertz CT molecular complexity index is 2050. The van der Waals surface area contributed by atoms with Gasteiger partial charge in [-0.25, -0.2) is 28.6 Å². The molecule has 0 aromatic carbocycles. The van der Waals surface area contributed by atoms with E-state index in [2.05, 4.69) is 53.5 Å². The van der Waals surface area contributed by atoms with Gasteiger partial charge in [0.2, 0.25) is 11.8 Å². The highest BCUT2D eigenvalue weighted by Crippen LogP contribution is 2.61. The van der Waals surface area contributed by atoms with Gasteiger partial charge in [-0.2, -0.15) is 4.31 Å². The highest BCUT2D eigenvalue weighted by Gasteiger charge is 2.50. The number of nitrogens with zero attached hydrogens (tertiary/aromatic N) is 4. The number of unbranched alkanes of at least 4 members (excludes halogenated alkanes) is 11. The molecule has 1 aliphatic heterocycles. The number of hydrogen-bond acceptors (Lipinski definition) is 19. The molecule has 2 aromatic rings. The van der Waals surface area contributed by atoms with Crippen LogP contribution in [-0.2, 0) is 50.7 Å². The van der Waals surface area contributed by atoms with E-state index in [4.69, 9.17) is 19.5 Å². The van der Waals surface area contributed by atoms with Gasteiger partial charge >= 0.3 is 23.5 Å². The van der Waals surface area contributed by atoms with Gasteiger partial charge < -0.3 is 57.0 Å². The molecule has 0 aliphatic carbocycles. The number of nitrogens with two attached hydrogens (primary N) is 1. The largest absolute Gasteiger partial charge is 0.481 e. The number of aromatic nitrogens is 4. The lowest BCUT2D eigenvalue weighted by atomic mass is 9.87. The smallest absolute Gasteiger partial charge is 0.386 e. The van der Waals surface area contributed by atoms with Crippen LogP contribution in [0, 0.1) is 5.41 Å². The molecule has 68 heavy (non-hydrogen) atoms. The van der Waals surface area contributed by atoms with Gasteiger partial charge in [-0.15, -0.1) is 0 Å². The zero-order chi connectivity index (χ0) is 49.7. The maximum absolute atomic E-state index is 12.7. The van der Waals surface area contributed by atoms with Crippen molar-refractivity contribution in [1.29, 1.82) is 0 Å². The van der Waals surface area contributed by atoms with E-state index in [-0.39, 0.29) is 47.8 Å². The van der Waals surface area contributed by atoms with Gasteiger partial charge in [-0.1, -0.05) is 96.1 Å². The highest BCUT2D eigenvalue weighted by molar-refractivity contribution is 8.13. The maximum atomic E-state index is 12.7. The number of ether oxygens (including phenoxy) is 1. The van der Waals surface area contributed by atoms with Crippen molar-refractivity contribution in [3.05, 3.63) is 24.8 Å². The number of nitrogen functional groups attached to an aromatic ring is 1. The third-order valence-electron chi connectivity index (χ3n) is 10.4. The van der Waals surface area contributed by atoms with E-state index in [1.807, 2.05) is 0 Å². The number of aliphatic hydroxyl groups is 2. The summed E-state index contributed by atoms with van der Waals surface area (Å²) < 4.78 is 62.4. The third-order valence-corrected chi connectivity index (χ3v) is 14.4. The van der Waals surface area contributed by atoms with E-state index >= 15 is 0 Å². The number of hydrogen-bond donors (Lipinski definition) is 10. The molecule has 29 heteroatoms. The number of allylic oxidation sites excluding steroid dienone is 2. The normalized spacial score (nSPS) is 19.9. The van der Waals surface area contributed by atoms with Gasteiger partial charge in [0.25, 0.3) is 0 Å². The number of carbonyl (C=O) groups is 3. The molecule has 1 saturated heterocycles. The topological polar surface area (TPSA) is 399 Å². The molecule has 2 amide bonds. The first-order chi connectivity index (χ1) is 31.6. The van der Waals surface area contributed by atoms with Crippen LogP contribution in [0.3, 0.4) is 0 Å². The van der Waals surface area contributed by atoms with E-state index in [0.717, 1.165) is 73.9 Å². The van der Waals surface area contributed by atoms with Crippen LogP contribution in [-0.4, -0.2) is 123 Å². The number of anilines is 1. The predicted molar refractivity (Wildman–Crippen MR) is 252 cm³/mol. The lowest BCUT2D eigenvalue weighted by Gasteiger charge is -2.30. The molecule has 1 fully saturated rings. The second-order valence-corrected chi connectivity index (χ2v) is 22.0. The van der Waals surface area contributed by atoms with Gasteiger partial charge in [0.05, 0.1) is 19.5 Å². The van der Waals surface area contributed by atoms with Crippen LogP contribution in [0.15, 0.2) is 24.8 Å². The van der Waals surface area contributed by atoms with Crippen molar-refractivity contribution in [2.24, 2.45) is 5.41 Å². The van der Waals surface area contributed by atoms with Crippen molar-refractivity contribution in [3.63, 3.8) is 0 Å². The molecule has 3 rings (SSSR count). The van der Waals surface area contributed by atoms with Crippen molar-refractivity contribution < 1.29 is 80.5 Å². The Kier molecular flexibility index (Phi) is 27.3. The summed E-state index contributed by atoms with van der Waals surface area (Å²) in [4.78, 5) is 88.3. The summed E-state index contributed by atoms with van der Waals surface area (Å²) in [5.74, 6) is -1.03. The van der Waals surface area contributed by atoms with E-state index < -0.39 is 84.6 Å². The highest BCUT2D eigenvalue weighted by atomic mass is 32.2. The Morgan fingerprint density at radius 1 is 0.897 bits per heavy atom. The molecular formula is C39H71N8O17P3S. The molecule has 0 bridgehead atoms. The molecule has 0 radical (unpaired) electrons. The molecular weight excluding hydrogens is 977 g/mol. The fourth-order valence-corrected chi connectivity index (χ4v) is 10.3. The average molecular weight is 1050 g/mol. The van der Waals surface area contributed by atoms with Crippen LogP contribution in [0.25, 0.3) is 11.2 Å². The molecule has 7 atom stereocenters. The minimum atomic E-state index is -5.58. The minimum absolute atomic E-state index is 0. The fraction of sp³-hybridized carbons (Fsp3) is 0.744. The van der Waals surface area contributed by atoms with Crippen molar-refractivity contribution in [2.45, 2.75) is 148 Å². The summed E-state index contributed by atoms with van der Waals surface area (Å²) in [6, 6.07) is 0. The van der Waals surface area contributed by atoms with Crippen LogP contribution in [0.1, 0.15) is 123 Å². The second kappa shape index (κ2) is 30.2. The number of phosphoric ester groups is 3. The number of imidazole rings is 1. The summed E-state index contributed by atoms with van der Waals surface area (Å²) in [6.45, 7) is 2.79. The Balaban J connectivity index is 0.0000159. The van der Waals surface area contributed by atoms with Crippen molar-refractivity contribution in [3.8, 4) is 0 Å². The molecule has 1 aliphatic rings. The Morgan fingerprint density at radius 3 is 2.16 bits per heavy atom. The number of carbonyl (C=O) groups excluding carboxylic acids is 3. The van der Waals surface area contributed by atoms with Gasteiger partial charge in [-0.3, -0.25) is 32.5 Å². The zero-order valence-corrected chi connectivity index (χ0v) is 42.3. The standard InChI is InChI=1S/C39H68N7O17P3S.H3N/c1-4-5-6-7-8-9-10-11-12-13-14-15-16-17-18-19-30(48)67-23-22-41-29(47)20-21-42-37(51)34(50)39(2,3)25-60-66(57,58)63-65(55,56)59-24-28-33(62-64(52,53)54)32(49)38(61-28)46-27-45-31-35(40)43-26-44-36(31)46;/h11-12,26-28,32-34,38,49-50H,4-10,13-25H2,1-3H3,(H,41,47)(H,42,51)(H,55,56)(H,57,58)(H2,40,43,44)(H2,52,53,54);1H3/b12-11+;. The van der Waals surface area contributed by atoms with E-state index in [9.17, 15) is 57.9 Å². The van der Waals surface area contributed by atoms with Crippen LogP contribution < -0.4 is 22.5 Å². The minimum Gasteiger partial charge on any atom is -0.386 e. The Hall–Kier alpha value is -2.74. The summed E-state index contributed by atoms with van der Waals surface area (Å²) >= 11 is 1.15. The summed E-state index contributed by atoms with van der Waals surface area (Å²) in [5, 5.41) is 26.7. The zero-order valence-electron chi connectivity index (χ0n) is 38.8. The number of amides is 2. The SMILES string of the molecule is CCCCCCCC/C=C/CCCCCCCC(=O)SCCNC(=O)CCNC(=O)C(O)C(C)(C)COP(=O)(O)OP(=O)(O)OCC1OC(n2cnc3c(N)ncnc32)C(O)C1OP(=O)(O)O.N. The average Bonchev–Trinajstić information content (AvgIpc) is 3.81. The fourth-order valence-electron chi connectivity index (χ4n) is 6.71. The van der Waals surface area contributed by atoms with Crippen LogP contribution in [0.4, 0.5) is 5.82 Å². The van der Waals surface area contributed by atoms with Gasteiger partial charge in [0.1, 0.15) is 36.3 Å². The molecule has 0 saturated carbocycles. The number of phosphoric acid groups is 3. The molecule has 13 N–H and O–H groups in total. The first kappa shape index (κ1) is 61.4. The molecule has 25 nitrogen and oxygen atoms in total. The van der Waals surface area contributed by atoms with E-state index in [1.54, 1.807) is 0 Å². The Labute approximate surface area is 400 Å². The van der Waals surface area contributed by atoms with Gasteiger partial charge in [-0.05, 0) is 32.1 Å². The lowest BCUT2D eigenvalue weighted by molar-refractivity contribution is -0.137. The summed E-state index contributed by atoms with van der Waals surface area (Å²) in [7, 11) is -16.4. The number of thioether (sulfide) groups is 1. The first-order valence-electron chi connectivity index (χ1n) is 22.3. The summed E-state index contributed by atoms with van der Waals surface area (Å²) in [5.41, 5.74) is 4.29. The predicted octanol–water partition coefficient (Wildman–Crippen LogP) is 4.86. The van der Waals surface area contributed by atoms with E-state index in [0.29, 0.717) is 12.2 Å². The molecule has 0 spiro atoms. The lowest BCUT2D eigenvalue weighted by Crippen LogP contribution is -2.46. The maximum Gasteiger partial charge on any atom is 0.481 e. The monoisotopic (exact) mass is 1050 g/mol. The van der Waals surface area contributed by atoms with Crippen molar-refractivity contribution >= 4 is 69.1 Å². The third kappa shape index (κ3) is 22.6. The van der Waals surface area contributed by atoms with Gasteiger partial charge in [0.15, 0.2) is 22.8 Å². The van der Waals surface area contributed by atoms with Gasteiger partial charge in [0, 0.05) is 37.1 Å². The quantitative estimate of drug-likeness (QED) is 0.0254. The van der Waals surface area contributed by atoms with E-state index in [1.165, 1.54) is 52.4 Å². The number of aliphatic hydroxyl groups excluding tert-OH is 2. The first-order valence-corrected chi connectivity index (χ1v) is 27.8. The van der Waals surface area contributed by atoms with Crippen LogP contribution >= 0.6 is 35.2 Å². The number of rotatable bonds is 34. The molecule has 390 valence electrons. The van der Waals surface area contributed by atoms with Crippen molar-refractivity contribution in [2.75, 3.05) is 37.8 Å². The summed E-state index contributed by atoms with van der Waals surface area (Å²) in [6.07, 6.45) is 13.5. The molecule has 3 heterocycles. The van der Waals surface area contributed by atoms with Crippen LogP contribution in [0.2, 0.25) is 0 Å². The molecule has 2 aromatic heterocycles. The molecule has 7 unspecified atom stereocenters. The van der Waals surface area contributed by atoms with Crippen LogP contribution in [0.5, 0.6) is 0 Å². The number of fused-ring (bicyclic) bond motifs is 1. The second-order valence-electron chi connectivity index (χ2n) is 16.6. The Morgan fingerprint density at radius 2 is 1.51 bits per heavy atom. The van der Waals surface area contributed by atoms with Crippen molar-refractivity contribution in [1.82, 2.24) is 36.3 Å².